The van der Waals surface area contributed by atoms with Crippen molar-refractivity contribution in [2.45, 2.75) is 70.8 Å². The molecule has 0 aromatic carbocycles. The van der Waals surface area contributed by atoms with Crippen LogP contribution >= 0.6 is 0 Å². The predicted molar refractivity (Wildman–Crippen MR) is 81.6 cm³/mol. The zero-order chi connectivity index (χ0) is 14.1. The summed E-state index contributed by atoms with van der Waals surface area (Å²) in [7, 11) is 0. The summed E-state index contributed by atoms with van der Waals surface area (Å²) in [5.74, 6) is 5.09. The van der Waals surface area contributed by atoms with Crippen LogP contribution in [-0.2, 0) is 5.41 Å². The number of aryl methyl sites for hydroxylation is 1. The lowest BCUT2D eigenvalue weighted by atomic mass is 9.49. The summed E-state index contributed by atoms with van der Waals surface area (Å²) in [5, 5.41) is 0. The Morgan fingerprint density at radius 3 is 2.05 bits per heavy atom. The van der Waals surface area contributed by atoms with E-state index < -0.39 is 0 Å². The van der Waals surface area contributed by atoms with Gasteiger partial charge in [-0.05, 0) is 77.0 Å². The van der Waals surface area contributed by atoms with Crippen LogP contribution in [0.25, 0.3) is 0 Å². The van der Waals surface area contributed by atoms with Gasteiger partial charge in [-0.15, -0.1) is 0 Å². The molecule has 0 spiro atoms. The Morgan fingerprint density at radius 2 is 1.60 bits per heavy atom. The summed E-state index contributed by atoms with van der Waals surface area (Å²) >= 11 is 0. The molecule has 4 aliphatic carbocycles. The standard InChI is InChI=1S/C17H27N3/c1-10(2)20-15(18)11(3)19-16(20)17-7-12-4-13(8-17)6-14(5-12)9-17/h10,12-14H,4-9,18H2,1-3H3. The fourth-order valence-electron chi connectivity index (χ4n) is 5.84. The maximum absolute atomic E-state index is 6.32. The normalized spacial score (nSPS) is 38.9. The highest BCUT2D eigenvalue weighted by molar-refractivity contribution is 5.40. The maximum atomic E-state index is 6.32. The van der Waals surface area contributed by atoms with Crippen LogP contribution in [0.5, 0.6) is 0 Å². The third kappa shape index (κ3) is 1.61. The monoisotopic (exact) mass is 273 g/mol. The number of hydrogen-bond acceptors (Lipinski definition) is 2. The summed E-state index contributed by atoms with van der Waals surface area (Å²) < 4.78 is 2.34. The minimum atomic E-state index is 0.349. The highest BCUT2D eigenvalue weighted by atomic mass is 15.2. The Labute approximate surface area is 122 Å². The van der Waals surface area contributed by atoms with Crippen LogP contribution in [0.1, 0.15) is 69.9 Å². The highest BCUT2D eigenvalue weighted by Gasteiger charge is 2.53. The average Bonchev–Trinajstić information content (AvgIpc) is 2.65. The Balaban J connectivity index is 1.83. The SMILES string of the molecule is Cc1nc(C23CC4CC(CC(C4)C2)C3)n(C(C)C)c1N. The lowest BCUT2D eigenvalue weighted by molar-refractivity contribution is -0.0113. The first-order valence-corrected chi connectivity index (χ1v) is 8.33. The van der Waals surface area contributed by atoms with E-state index in [4.69, 9.17) is 10.7 Å². The van der Waals surface area contributed by atoms with Crippen molar-refractivity contribution in [1.82, 2.24) is 9.55 Å². The van der Waals surface area contributed by atoms with Crippen molar-refractivity contribution in [2.24, 2.45) is 17.8 Å². The lowest BCUT2D eigenvalue weighted by Crippen LogP contribution is -2.49. The number of nitrogens with two attached hydrogens (primary N) is 1. The van der Waals surface area contributed by atoms with Crippen molar-refractivity contribution in [2.75, 3.05) is 5.73 Å². The van der Waals surface area contributed by atoms with Gasteiger partial charge >= 0.3 is 0 Å². The van der Waals surface area contributed by atoms with Gasteiger partial charge in [0.1, 0.15) is 11.6 Å². The van der Waals surface area contributed by atoms with Crippen LogP contribution in [0.15, 0.2) is 0 Å². The van der Waals surface area contributed by atoms with Crippen LogP contribution in [0, 0.1) is 24.7 Å². The Bertz CT molecular complexity index is 505. The average molecular weight is 273 g/mol. The molecule has 5 rings (SSSR count). The number of anilines is 1. The third-order valence-corrected chi connectivity index (χ3v) is 6.16. The lowest BCUT2D eigenvalue weighted by Gasteiger charge is -2.56. The van der Waals surface area contributed by atoms with Crippen molar-refractivity contribution in [1.29, 1.82) is 0 Å². The van der Waals surface area contributed by atoms with Gasteiger partial charge in [0.2, 0.25) is 0 Å². The fraction of sp³-hybridized carbons (Fsp3) is 0.824. The van der Waals surface area contributed by atoms with E-state index in [1.165, 1.54) is 44.3 Å². The molecule has 0 amide bonds. The van der Waals surface area contributed by atoms with Gasteiger partial charge in [-0.1, -0.05) is 0 Å². The van der Waals surface area contributed by atoms with Crippen LogP contribution < -0.4 is 5.73 Å². The van der Waals surface area contributed by atoms with Crippen molar-refractivity contribution in [3.05, 3.63) is 11.5 Å². The molecule has 0 atom stereocenters. The first kappa shape index (κ1) is 12.7. The fourth-order valence-corrected chi connectivity index (χ4v) is 5.84. The van der Waals surface area contributed by atoms with Crippen molar-refractivity contribution >= 4 is 5.82 Å². The Kier molecular flexibility index (Phi) is 2.56. The second-order valence-corrected chi connectivity index (χ2v) is 8.07. The molecule has 4 fully saturated rings. The molecule has 0 radical (unpaired) electrons. The first-order valence-electron chi connectivity index (χ1n) is 8.33. The van der Waals surface area contributed by atoms with Gasteiger partial charge in [-0.3, -0.25) is 0 Å². The molecule has 1 aromatic rings. The van der Waals surface area contributed by atoms with Gasteiger partial charge < -0.3 is 10.3 Å². The number of nitrogens with zero attached hydrogens (tertiary/aromatic N) is 2. The molecule has 3 heteroatoms. The second-order valence-electron chi connectivity index (χ2n) is 8.07. The van der Waals surface area contributed by atoms with Gasteiger partial charge in [0, 0.05) is 11.5 Å². The van der Waals surface area contributed by atoms with Gasteiger partial charge in [-0.2, -0.15) is 0 Å². The Morgan fingerprint density at radius 1 is 1.10 bits per heavy atom. The predicted octanol–water partition coefficient (Wildman–Crippen LogP) is 3.82. The van der Waals surface area contributed by atoms with E-state index in [2.05, 4.69) is 25.3 Å². The van der Waals surface area contributed by atoms with Crippen LogP contribution in [0.3, 0.4) is 0 Å². The molecule has 1 aromatic heterocycles. The zero-order valence-corrected chi connectivity index (χ0v) is 13.0. The van der Waals surface area contributed by atoms with Gasteiger partial charge in [0.05, 0.1) is 5.69 Å². The number of nitrogen functional groups attached to an aromatic ring is 1. The molecule has 0 aliphatic heterocycles. The van der Waals surface area contributed by atoms with Gasteiger partial charge in [-0.25, -0.2) is 4.98 Å². The minimum absolute atomic E-state index is 0.349. The molecular formula is C17H27N3. The van der Waals surface area contributed by atoms with Gasteiger partial charge in [0.15, 0.2) is 0 Å². The third-order valence-electron chi connectivity index (χ3n) is 6.16. The molecule has 3 nitrogen and oxygen atoms in total. The molecule has 20 heavy (non-hydrogen) atoms. The summed E-state index contributed by atoms with van der Waals surface area (Å²) in [4.78, 5) is 4.96. The summed E-state index contributed by atoms with van der Waals surface area (Å²) in [6.45, 7) is 6.54. The quantitative estimate of drug-likeness (QED) is 0.890. The molecule has 4 bridgehead atoms. The molecule has 0 unspecified atom stereocenters. The molecule has 2 N–H and O–H groups in total. The van der Waals surface area contributed by atoms with E-state index in [1.807, 2.05) is 0 Å². The minimum Gasteiger partial charge on any atom is -0.384 e. The smallest absolute Gasteiger partial charge is 0.126 e. The molecule has 4 aliphatic rings. The van der Waals surface area contributed by atoms with E-state index in [9.17, 15) is 0 Å². The molecule has 110 valence electrons. The number of aromatic nitrogens is 2. The van der Waals surface area contributed by atoms with E-state index in [0.717, 1.165) is 29.3 Å². The van der Waals surface area contributed by atoms with Crippen molar-refractivity contribution < 1.29 is 0 Å². The molecular weight excluding hydrogens is 246 g/mol. The topological polar surface area (TPSA) is 43.8 Å². The summed E-state index contributed by atoms with van der Waals surface area (Å²) in [6.07, 6.45) is 8.53. The maximum Gasteiger partial charge on any atom is 0.126 e. The van der Waals surface area contributed by atoms with E-state index in [1.54, 1.807) is 0 Å². The Hall–Kier alpha value is -0.990. The summed E-state index contributed by atoms with van der Waals surface area (Å²) in [5.41, 5.74) is 7.70. The number of hydrogen-bond donors (Lipinski definition) is 1. The van der Waals surface area contributed by atoms with Crippen LogP contribution in [0.2, 0.25) is 0 Å². The zero-order valence-electron chi connectivity index (χ0n) is 13.0. The number of rotatable bonds is 2. The highest BCUT2D eigenvalue weighted by Crippen LogP contribution is 2.60. The molecule has 4 saturated carbocycles. The van der Waals surface area contributed by atoms with Crippen LogP contribution in [0.4, 0.5) is 5.82 Å². The molecule has 1 heterocycles. The molecule has 0 saturated heterocycles. The van der Waals surface area contributed by atoms with Crippen LogP contribution in [-0.4, -0.2) is 9.55 Å². The van der Waals surface area contributed by atoms with Gasteiger partial charge in [0.25, 0.3) is 0 Å². The van der Waals surface area contributed by atoms with E-state index in [0.29, 0.717) is 11.5 Å². The van der Waals surface area contributed by atoms with E-state index >= 15 is 0 Å². The van der Waals surface area contributed by atoms with Crippen molar-refractivity contribution in [3.63, 3.8) is 0 Å². The van der Waals surface area contributed by atoms with E-state index in [-0.39, 0.29) is 0 Å². The first-order chi connectivity index (χ1) is 9.48. The van der Waals surface area contributed by atoms with Crippen molar-refractivity contribution in [3.8, 4) is 0 Å². The number of imidazole rings is 1. The second kappa shape index (κ2) is 4.02. The summed E-state index contributed by atoms with van der Waals surface area (Å²) in [6, 6.07) is 0.416. The largest absolute Gasteiger partial charge is 0.384 e.